The van der Waals surface area contributed by atoms with Gasteiger partial charge in [-0.1, -0.05) is 29.8 Å². The smallest absolute Gasteiger partial charge is 0.123 e. The summed E-state index contributed by atoms with van der Waals surface area (Å²) in [4.78, 5) is 1.04. The lowest BCUT2D eigenvalue weighted by molar-refractivity contribution is 0.610. The molecule has 4 heteroatoms. The summed E-state index contributed by atoms with van der Waals surface area (Å²) in [7, 11) is 0. The van der Waals surface area contributed by atoms with Gasteiger partial charge in [-0.25, -0.2) is 4.39 Å². The number of hydrazine groups is 1. The van der Waals surface area contributed by atoms with E-state index in [0.29, 0.717) is 0 Å². The fourth-order valence-corrected chi connectivity index (χ4v) is 2.81. The third-order valence-corrected chi connectivity index (χ3v) is 3.98. The second-order valence-electron chi connectivity index (χ2n) is 4.40. The van der Waals surface area contributed by atoms with E-state index < -0.39 is 0 Å². The molecule has 0 aromatic heterocycles. The van der Waals surface area contributed by atoms with E-state index in [1.165, 1.54) is 17.7 Å². The molecule has 0 heterocycles. The number of nitrogens with two attached hydrogens (primary N) is 1. The third kappa shape index (κ3) is 4.06. The van der Waals surface area contributed by atoms with Crippen molar-refractivity contribution in [1.29, 1.82) is 0 Å². The van der Waals surface area contributed by atoms with Crippen LogP contribution in [0.5, 0.6) is 0 Å². The van der Waals surface area contributed by atoms with Gasteiger partial charge in [-0.15, -0.1) is 11.8 Å². The van der Waals surface area contributed by atoms with Gasteiger partial charge in [0.1, 0.15) is 5.82 Å². The zero-order valence-corrected chi connectivity index (χ0v) is 11.6. The summed E-state index contributed by atoms with van der Waals surface area (Å²) < 4.78 is 12.8. The van der Waals surface area contributed by atoms with Gasteiger partial charge in [-0.3, -0.25) is 11.3 Å². The van der Waals surface area contributed by atoms with Crippen LogP contribution in [-0.4, -0.2) is 5.75 Å². The largest absolute Gasteiger partial charge is 0.271 e. The van der Waals surface area contributed by atoms with E-state index in [1.54, 1.807) is 23.9 Å². The minimum Gasteiger partial charge on any atom is -0.271 e. The highest BCUT2D eigenvalue weighted by atomic mass is 32.2. The number of hydrogen-bond donors (Lipinski definition) is 2. The highest BCUT2D eigenvalue weighted by Crippen LogP contribution is 2.24. The maximum Gasteiger partial charge on any atom is 0.123 e. The molecule has 0 aliphatic rings. The minimum absolute atomic E-state index is 0.0787. The molecular formula is C15H17FN2S. The summed E-state index contributed by atoms with van der Waals surface area (Å²) >= 11 is 1.65. The Balaban J connectivity index is 2.01. The number of benzene rings is 2. The Bertz CT molecular complexity index is 528. The maximum atomic E-state index is 12.8. The van der Waals surface area contributed by atoms with Gasteiger partial charge >= 0.3 is 0 Å². The number of hydrogen-bond acceptors (Lipinski definition) is 3. The minimum atomic E-state index is -0.212. The molecule has 0 aliphatic carbocycles. The monoisotopic (exact) mass is 276 g/mol. The van der Waals surface area contributed by atoms with Crippen LogP contribution < -0.4 is 11.3 Å². The first kappa shape index (κ1) is 14.1. The Morgan fingerprint density at radius 3 is 2.58 bits per heavy atom. The van der Waals surface area contributed by atoms with Gasteiger partial charge in [0.25, 0.3) is 0 Å². The molecule has 2 rings (SSSR count). The van der Waals surface area contributed by atoms with Crippen LogP contribution in [0.4, 0.5) is 4.39 Å². The average molecular weight is 276 g/mol. The fraction of sp³-hybridized carbons (Fsp3) is 0.200. The molecule has 100 valence electrons. The SMILES string of the molecule is Cc1cccc(C(CSc2ccc(F)cc2)NN)c1. The summed E-state index contributed by atoms with van der Waals surface area (Å²) in [6, 6.07) is 14.9. The van der Waals surface area contributed by atoms with Crippen molar-refractivity contribution in [2.75, 3.05) is 5.75 Å². The average Bonchev–Trinajstić information content (AvgIpc) is 2.42. The summed E-state index contributed by atoms with van der Waals surface area (Å²) in [5, 5.41) is 0. The molecule has 19 heavy (non-hydrogen) atoms. The Kier molecular flexibility index (Phi) is 4.96. The molecule has 0 saturated heterocycles. The molecule has 0 fully saturated rings. The molecule has 0 spiro atoms. The first-order valence-electron chi connectivity index (χ1n) is 6.10. The van der Waals surface area contributed by atoms with Gasteiger partial charge in [0.15, 0.2) is 0 Å². The highest BCUT2D eigenvalue weighted by molar-refractivity contribution is 7.99. The summed E-state index contributed by atoms with van der Waals surface area (Å²) in [5.74, 6) is 6.21. The molecule has 1 atom stereocenters. The van der Waals surface area contributed by atoms with Crippen molar-refractivity contribution in [1.82, 2.24) is 5.43 Å². The van der Waals surface area contributed by atoms with E-state index in [1.807, 2.05) is 6.07 Å². The van der Waals surface area contributed by atoms with Crippen LogP contribution >= 0.6 is 11.8 Å². The van der Waals surface area contributed by atoms with Crippen LogP contribution in [0.25, 0.3) is 0 Å². The molecule has 0 aliphatic heterocycles. The van der Waals surface area contributed by atoms with Crippen molar-refractivity contribution in [2.45, 2.75) is 17.9 Å². The molecule has 0 radical (unpaired) electrons. The quantitative estimate of drug-likeness (QED) is 0.499. The van der Waals surface area contributed by atoms with E-state index in [2.05, 4.69) is 30.5 Å². The molecular weight excluding hydrogens is 259 g/mol. The number of thioether (sulfide) groups is 1. The first-order valence-corrected chi connectivity index (χ1v) is 7.08. The normalized spacial score (nSPS) is 12.4. The van der Waals surface area contributed by atoms with Gasteiger partial charge in [0, 0.05) is 10.6 Å². The Labute approximate surface area is 117 Å². The van der Waals surface area contributed by atoms with Gasteiger partial charge in [-0.05, 0) is 36.8 Å². The predicted octanol–water partition coefficient (Wildman–Crippen LogP) is 3.43. The van der Waals surface area contributed by atoms with Gasteiger partial charge in [0.05, 0.1) is 6.04 Å². The van der Waals surface area contributed by atoms with E-state index in [4.69, 9.17) is 5.84 Å². The van der Waals surface area contributed by atoms with E-state index >= 15 is 0 Å². The number of rotatable bonds is 5. The highest BCUT2D eigenvalue weighted by Gasteiger charge is 2.10. The summed E-state index contributed by atoms with van der Waals surface area (Å²) in [6.07, 6.45) is 0. The Morgan fingerprint density at radius 1 is 1.21 bits per heavy atom. The molecule has 0 saturated carbocycles. The van der Waals surface area contributed by atoms with E-state index in [-0.39, 0.29) is 11.9 Å². The van der Waals surface area contributed by atoms with Crippen LogP contribution in [0.15, 0.2) is 53.4 Å². The van der Waals surface area contributed by atoms with Crippen molar-refractivity contribution >= 4 is 11.8 Å². The zero-order chi connectivity index (χ0) is 13.7. The summed E-state index contributed by atoms with van der Waals surface area (Å²) in [5.41, 5.74) is 5.21. The van der Waals surface area contributed by atoms with E-state index in [0.717, 1.165) is 16.2 Å². The number of nitrogens with one attached hydrogen (secondary N) is 1. The van der Waals surface area contributed by atoms with Gasteiger partial charge in [0.2, 0.25) is 0 Å². The van der Waals surface area contributed by atoms with Crippen molar-refractivity contribution in [3.63, 3.8) is 0 Å². The molecule has 0 amide bonds. The first-order chi connectivity index (χ1) is 9.19. The summed E-state index contributed by atoms with van der Waals surface area (Å²) in [6.45, 7) is 2.06. The molecule has 3 N–H and O–H groups in total. The fourth-order valence-electron chi connectivity index (χ4n) is 1.84. The molecule has 2 nitrogen and oxygen atoms in total. The van der Waals surface area contributed by atoms with Crippen LogP contribution in [0.3, 0.4) is 0 Å². The number of aryl methyl sites for hydroxylation is 1. The van der Waals surface area contributed by atoms with E-state index in [9.17, 15) is 4.39 Å². The molecule has 0 bridgehead atoms. The van der Waals surface area contributed by atoms with Crippen LogP contribution in [0.2, 0.25) is 0 Å². The third-order valence-electron chi connectivity index (χ3n) is 2.88. The van der Waals surface area contributed by atoms with Crippen LogP contribution in [0.1, 0.15) is 17.2 Å². The zero-order valence-electron chi connectivity index (χ0n) is 10.8. The predicted molar refractivity (Wildman–Crippen MR) is 78.4 cm³/mol. The molecule has 2 aromatic carbocycles. The van der Waals surface area contributed by atoms with Crippen molar-refractivity contribution in [3.05, 3.63) is 65.5 Å². The Hall–Kier alpha value is -1.36. The standard InChI is InChI=1S/C15H17FN2S/c1-11-3-2-4-12(9-11)15(18-17)10-19-14-7-5-13(16)6-8-14/h2-9,15,18H,10,17H2,1H3. The number of halogens is 1. The Morgan fingerprint density at radius 2 is 1.95 bits per heavy atom. The second kappa shape index (κ2) is 6.70. The topological polar surface area (TPSA) is 38.0 Å². The lowest BCUT2D eigenvalue weighted by Gasteiger charge is -2.16. The molecule has 1 unspecified atom stereocenters. The van der Waals surface area contributed by atoms with Crippen molar-refractivity contribution in [3.8, 4) is 0 Å². The van der Waals surface area contributed by atoms with Gasteiger partial charge in [-0.2, -0.15) is 0 Å². The van der Waals surface area contributed by atoms with Crippen molar-refractivity contribution < 1.29 is 4.39 Å². The molecule has 2 aromatic rings. The van der Waals surface area contributed by atoms with Crippen LogP contribution in [-0.2, 0) is 0 Å². The second-order valence-corrected chi connectivity index (χ2v) is 5.49. The lowest BCUT2D eigenvalue weighted by atomic mass is 10.1. The van der Waals surface area contributed by atoms with Crippen molar-refractivity contribution in [2.24, 2.45) is 5.84 Å². The maximum absolute atomic E-state index is 12.8. The lowest BCUT2D eigenvalue weighted by Crippen LogP contribution is -2.29. The van der Waals surface area contributed by atoms with Crippen LogP contribution in [0, 0.1) is 12.7 Å². The van der Waals surface area contributed by atoms with Gasteiger partial charge < -0.3 is 0 Å².